The minimum absolute atomic E-state index is 0.0000923. The molecule has 0 radical (unpaired) electrons. The molecule has 0 N–H and O–H groups in total. The number of rotatable bonds is 6. The van der Waals surface area contributed by atoms with E-state index in [0.29, 0.717) is 6.20 Å². The Hall–Kier alpha value is -1.45. The number of ether oxygens (including phenoxy) is 2. The molecule has 0 spiro atoms. The topological polar surface area (TPSA) is 48.4 Å². The normalized spacial score (nSPS) is 11.6. The lowest BCUT2D eigenvalue weighted by Crippen LogP contribution is -2.21. The predicted octanol–water partition coefficient (Wildman–Crippen LogP) is 3.92. The van der Waals surface area contributed by atoms with Gasteiger partial charge in [-0.15, -0.1) is 13.2 Å². The van der Waals surface area contributed by atoms with Crippen LogP contribution in [0.25, 0.3) is 0 Å². The van der Waals surface area contributed by atoms with Crippen molar-refractivity contribution < 1.29 is 36.2 Å². The number of halogens is 6. The predicted molar refractivity (Wildman–Crippen MR) is 68.8 cm³/mol. The lowest BCUT2D eigenvalue weighted by Gasteiger charge is -2.17. The van der Waals surface area contributed by atoms with Crippen molar-refractivity contribution in [3.63, 3.8) is 0 Å². The Morgan fingerprint density at radius 3 is 2.45 bits per heavy atom. The average Bonchev–Trinajstić information content (AvgIpc) is 2.38. The van der Waals surface area contributed by atoms with Crippen LogP contribution in [0.15, 0.2) is 6.20 Å². The van der Waals surface area contributed by atoms with E-state index in [2.05, 4.69) is 30.4 Å². The molecular formula is C12H11BrF5NO3. The highest BCUT2D eigenvalue weighted by molar-refractivity contribution is 9.08. The third-order valence-corrected chi connectivity index (χ3v) is 3.06. The van der Waals surface area contributed by atoms with Gasteiger partial charge in [0.15, 0.2) is 0 Å². The number of carbonyl (C=O) groups is 1. The summed E-state index contributed by atoms with van der Waals surface area (Å²) in [5.41, 5.74) is -1.14. The number of aromatic nitrogens is 1. The van der Waals surface area contributed by atoms with Gasteiger partial charge in [-0.05, 0) is 12.5 Å². The summed E-state index contributed by atoms with van der Waals surface area (Å²) in [6.07, 6.45) is -8.09. The van der Waals surface area contributed by atoms with Crippen LogP contribution in [0, 0.1) is 0 Å². The van der Waals surface area contributed by atoms with Crippen molar-refractivity contribution in [2.75, 3.05) is 6.61 Å². The van der Waals surface area contributed by atoms with Gasteiger partial charge < -0.3 is 9.47 Å². The number of carbonyl (C=O) groups excluding carboxylic acids is 1. The SMILES string of the molecule is CCOC(=O)Cc1c(OC(F)(F)F)ncc(C(F)F)c1CBr. The molecule has 0 amide bonds. The van der Waals surface area contributed by atoms with Crippen LogP contribution in [0.1, 0.15) is 30.0 Å². The van der Waals surface area contributed by atoms with Crippen molar-refractivity contribution >= 4 is 21.9 Å². The van der Waals surface area contributed by atoms with Crippen LogP contribution in [0.5, 0.6) is 5.88 Å². The largest absolute Gasteiger partial charge is 0.574 e. The summed E-state index contributed by atoms with van der Waals surface area (Å²) in [7, 11) is 0. The number of nitrogens with zero attached hydrogens (tertiary/aromatic N) is 1. The van der Waals surface area contributed by atoms with Crippen LogP contribution in [-0.4, -0.2) is 23.9 Å². The maximum atomic E-state index is 12.9. The molecule has 1 heterocycles. The quantitative estimate of drug-likeness (QED) is 0.419. The molecule has 0 aromatic carbocycles. The van der Waals surface area contributed by atoms with Gasteiger partial charge in [-0.1, -0.05) is 15.9 Å². The van der Waals surface area contributed by atoms with Crippen molar-refractivity contribution in [1.82, 2.24) is 4.98 Å². The van der Waals surface area contributed by atoms with Crippen LogP contribution >= 0.6 is 15.9 Å². The van der Waals surface area contributed by atoms with Gasteiger partial charge in [-0.25, -0.2) is 13.8 Å². The van der Waals surface area contributed by atoms with Gasteiger partial charge in [0.25, 0.3) is 6.43 Å². The van der Waals surface area contributed by atoms with Gasteiger partial charge >= 0.3 is 12.3 Å². The molecule has 1 aromatic rings. The highest BCUT2D eigenvalue weighted by atomic mass is 79.9. The summed E-state index contributed by atoms with van der Waals surface area (Å²) in [6.45, 7) is 1.50. The first-order chi connectivity index (χ1) is 10.2. The molecule has 0 bridgehead atoms. The van der Waals surface area contributed by atoms with Gasteiger partial charge in [0.2, 0.25) is 5.88 Å². The molecule has 0 atom stereocenters. The number of alkyl halides is 6. The van der Waals surface area contributed by atoms with Crippen LogP contribution in [0.3, 0.4) is 0 Å². The Kier molecular flexibility index (Phi) is 6.51. The smallest absolute Gasteiger partial charge is 0.466 e. The first kappa shape index (κ1) is 18.6. The zero-order valence-electron chi connectivity index (χ0n) is 11.2. The maximum Gasteiger partial charge on any atom is 0.574 e. The molecule has 0 aliphatic heterocycles. The number of pyridine rings is 1. The summed E-state index contributed by atoms with van der Waals surface area (Å²) >= 11 is 2.92. The monoisotopic (exact) mass is 391 g/mol. The van der Waals surface area contributed by atoms with E-state index in [4.69, 9.17) is 0 Å². The van der Waals surface area contributed by atoms with Crippen LogP contribution in [0.4, 0.5) is 22.0 Å². The third-order valence-electron chi connectivity index (χ3n) is 2.50. The van der Waals surface area contributed by atoms with E-state index >= 15 is 0 Å². The molecule has 124 valence electrons. The first-order valence-electron chi connectivity index (χ1n) is 5.95. The number of hydrogen-bond donors (Lipinski definition) is 0. The number of hydrogen-bond acceptors (Lipinski definition) is 4. The summed E-state index contributed by atoms with van der Waals surface area (Å²) in [6, 6.07) is 0. The van der Waals surface area contributed by atoms with Crippen molar-refractivity contribution in [2.45, 2.75) is 31.5 Å². The molecule has 4 nitrogen and oxygen atoms in total. The van der Waals surface area contributed by atoms with E-state index in [1.807, 2.05) is 0 Å². The van der Waals surface area contributed by atoms with Gasteiger partial charge in [-0.3, -0.25) is 4.79 Å². The third kappa shape index (κ3) is 5.08. The molecule has 10 heteroatoms. The Labute approximate surface area is 130 Å². The highest BCUT2D eigenvalue weighted by Gasteiger charge is 2.34. The van der Waals surface area contributed by atoms with Crippen LogP contribution < -0.4 is 4.74 Å². The molecule has 0 saturated heterocycles. The summed E-state index contributed by atoms with van der Waals surface area (Å²) in [4.78, 5) is 14.7. The molecule has 0 fully saturated rings. The second-order valence-corrected chi connectivity index (χ2v) is 4.50. The Balaban J connectivity index is 3.34. The lowest BCUT2D eigenvalue weighted by molar-refractivity contribution is -0.276. The van der Waals surface area contributed by atoms with E-state index in [0.717, 1.165) is 0 Å². The molecule has 0 saturated carbocycles. The van der Waals surface area contributed by atoms with Crippen LogP contribution in [0.2, 0.25) is 0 Å². The standard InChI is InChI=1S/C12H11BrF5NO3/c1-2-21-9(20)3-6-7(4-13)8(10(14)15)5-19-11(6)22-12(16,17)18/h5,10H,2-4H2,1H3. The fourth-order valence-electron chi connectivity index (χ4n) is 1.67. The maximum absolute atomic E-state index is 12.9. The van der Waals surface area contributed by atoms with E-state index in [9.17, 15) is 26.7 Å². The molecule has 1 aromatic heterocycles. The van der Waals surface area contributed by atoms with E-state index in [-0.39, 0.29) is 23.1 Å². The highest BCUT2D eigenvalue weighted by Crippen LogP contribution is 2.34. The Morgan fingerprint density at radius 2 is 2.00 bits per heavy atom. The summed E-state index contributed by atoms with van der Waals surface area (Å²) < 4.78 is 71.2. The fourth-order valence-corrected chi connectivity index (χ4v) is 2.33. The molecule has 0 aliphatic carbocycles. The Morgan fingerprint density at radius 1 is 1.36 bits per heavy atom. The molecule has 22 heavy (non-hydrogen) atoms. The van der Waals surface area contributed by atoms with E-state index < -0.39 is 36.6 Å². The Bertz CT molecular complexity index is 536. The molecular weight excluding hydrogens is 381 g/mol. The molecule has 0 aliphatic rings. The number of esters is 1. The minimum Gasteiger partial charge on any atom is -0.466 e. The van der Waals surface area contributed by atoms with Gasteiger partial charge in [0.05, 0.1) is 13.0 Å². The lowest BCUT2D eigenvalue weighted by atomic mass is 10.0. The summed E-state index contributed by atoms with van der Waals surface area (Å²) in [5.74, 6) is -1.82. The fraction of sp³-hybridized carbons (Fsp3) is 0.500. The minimum atomic E-state index is -5.06. The van der Waals surface area contributed by atoms with Crippen LogP contribution in [-0.2, 0) is 21.3 Å². The van der Waals surface area contributed by atoms with E-state index in [1.165, 1.54) is 6.92 Å². The zero-order valence-corrected chi connectivity index (χ0v) is 12.8. The van der Waals surface area contributed by atoms with E-state index in [1.54, 1.807) is 0 Å². The van der Waals surface area contributed by atoms with Gasteiger partial charge in [-0.2, -0.15) is 0 Å². The molecule has 1 rings (SSSR count). The van der Waals surface area contributed by atoms with Crippen molar-refractivity contribution in [3.8, 4) is 5.88 Å². The van der Waals surface area contributed by atoms with Gasteiger partial charge in [0.1, 0.15) is 0 Å². The second-order valence-electron chi connectivity index (χ2n) is 3.94. The van der Waals surface area contributed by atoms with Crippen molar-refractivity contribution in [3.05, 3.63) is 22.9 Å². The summed E-state index contributed by atoms with van der Waals surface area (Å²) in [5, 5.41) is -0.196. The van der Waals surface area contributed by atoms with Gasteiger partial charge in [0, 0.05) is 22.7 Å². The zero-order chi connectivity index (χ0) is 16.9. The van der Waals surface area contributed by atoms with Crippen molar-refractivity contribution in [2.24, 2.45) is 0 Å². The first-order valence-corrected chi connectivity index (χ1v) is 7.07. The average molecular weight is 392 g/mol. The second kappa shape index (κ2) is 7.70. The molecule has 0 unspecified atom stereocenters. The van der Waals surface area contributed by atoms with Crippen molar-refractivity contribution in [1.29, 1.82) is 0 Å².